The zero-order chi connectivity index (χ0) is 18.7. The van der Waals surface area contributed by atoms with E-state index in [0.717, 1.165) is 0 Å². The molecule has 2 atom stereocenters. The summed E-state index contributed by atoms with van der Waals surface area (Å²) in [5.41, 5.74) is 10.1. The van der Waals surface area contributed by atoms with Crippen LogP contribution >= 0.6 is 0 Å². The monoisotopic (exact) mass is 366 g/mol. The second kappa shape index (κ2) is 4.74. The van der Waals surface area contributed by atoms with Gasteiger partial charge in [0.1, 0.15) is 0 Å². The molecule has 0 saturated heterocycles. The lowest BCUT2D eigenvalue weighted by atomic mass is 9.56. The fourth-order valence-electron chi connectivity index (χ4n) is 7.70. The van der Waals surface area contributed by atoms with Gasteiger partial charge < -0.3 is 9.13 Å². The average molecular weight is 367 g/mol. The quantitative estimate of drug-likeness (QED) is 0.387. The van der Waals surface area contributed by atoms with Crippen LogP contribution in [0.3, 0.4) is 0 Å². The van der Waals surface area contributed by atoms with Crippen LogP contribution < -0.4 is 0 Å². The van der Waals surface area contributed by atoms with E-state index in [1.54, 1.807) is 22.5 Å². The molecule has 3 aliphatic carbocycles. The molecular weight excluding hydrogens is 340 g/mol. The molecule has 4 aromatic rings. The Morgan fingerprint density at radius 1 is 0.643 bits per heavy atom. The molecule has 2 heteroatoms. The molecule has 3 aliphatic rings. The van der Waals surface area contributed by atoms with Crippen molar-refractivity contribution < 1.29 is 0 Å². The average Bonchev–Trinajstić information content (AvgIpc) is 3.37. The Bertz CT molecular complexity index is 1200. The van der Waals surface area contributed by atoms with Gasteiger partial charge in [0.05, 0.1) is 0 Å². The molecule has 1 fully saturated rings. The van der Waals surface area contributed by atoms with Gasteiger partial charge in [0, 0.05) is 58.1 Å². The zero-order valence-corrected chi connectivity index (χ0v) is 16.8. The van der Waals surface area contributed by atoms with E-state index in [1.165, 1.54) is 60.3 Å². The minimum Gasteiger partial charge on any atom is -0.347 e. The van der Waals surface area contributed by atoms with Crippen molar-refractivity contribution in [3.05, 3.63) is 71.0 Å². The third kappa shape index (κ3) is 1.42. The first-order valence-electron chi connectivity index (χ1n) is 10.8. The molecule has 0 aliphatic heterocycles. The van der Waals surface area contributed by atoms with Crippen LogP contribution in [0.5, 0.6) is 0 Å². The number of nitrogens with zero attached hydrogens (tertiary/aromatic N) is 2. The highest BCUT2D eigenvalue weighted by atomic mass is 15.0. The first-order valence-corrected chi connectivity index (χ1v) is 10.8. The number of fused-ring (bicyclic) bond motifs is 6. The molecule has 0 N–H and O–H groups in total. The van der Waals surface area contributed by atoms with Gasteiger partial charge >= 0.3 is 0 Å². The van der Waals surface area contributed by atoms with Crippen molar-refractivity contribution in [2.75, 3.05) is 0 Å². The standard InChI is InChI=1S/C26H26N2/c1-27-19-11-5-3-9-17(19)23-21(27)15-25-13-7-8-14-26(23,25)16-22-24(25)18-10-4-6-12-20(18)28(22)2/h3-6,9-12H,7-8,13-16H2,1-2H3/t25-,26-/m1/s1. The molecule has 0 radical (unpaired) electrons. The van der Waals surface area contributed by atoms with Crippen LogP contribution in [0.1, 0.15) is 48.2 Å². The Labute approximate surface area is 165 Å². The summed E-state index contributed by atoms with van der Waals surface area (Å²) >= 11 is 0. The SMILES string of the molecule is Cn1c2c(c3ccccc31)[C@]13CCCC[C@@]1(C2)c1c(n(C)c2ccccc12)C3. The van der Waals surface area contributed by atoms with Gasteiger partial charge in [-0.3, -0.25) is 0 Å². The van der Waals surface area contributed by atoms with Crippen molar-refractivity contribution in [2.24, 2.45) is 14.1 Å². The predicted molar refractivity (Wildman–Crippen MR) is 115 cm³/mol. The molecule has 2 heterocycles. The predicted octanol–water partition coefficient (Wildman–Crippen LogP) is 5.53. The maximum atomic E-state index is 2.52. The molecule has 0 unspecified atom stereocenters. The smallest absolute Gasteiger partial charge is 0.0483 e. The number of para-hydroxylation sites is 2. The normalized spacial score (nSPS) is 27.8. The summed E-state index contributed by atoms with van der Waals surface area (Å²) in [7, 11) is 4.59. The minimum absolute atomic E-state index is 0.300. The number of hydrogen-bond acceptors (Lipinski definition) is 0. The molecule has 140 valence electrons. The van der Waals surface area contributed by atoms with E-state index in [-0.39, 0.29) is 0 Å². The summed E-state index contributed by atoms with van der Waals surface area (Å²) in [6.45, 7) is 0. The molecule has 2 nitrogen and oxygen atoms in total. The lowest BCUT2D eigenvalue weighted by Crippen LogP contribution is -2.46. The third-order valence-corrected chi connectivity index (χ3v) is 8.73. The van der Waals surface area contributed by atoms with Crippen molar-refractivity contribution in [3.8, 4) is 0 Å². The fraction of sp³-hybridized carbons (Fsp3) is 0.385. The lowest BCUT2D eigenvalue weighted by molar-refractivity contribution is 0.178. The van der Waals surface area contributed by atoms with Gasteiger partial charge in [0.15, 0.2) is 0 Å². The topological polar surface area (TPSA) is 9.86 Å². The Hall–Kier alpha value is -2.48. The van der Waals surface area contributed by atoms with Crippen LogP contribution in [-0.2, 0) is 37.8 Å². The second-order valence-electron chi connectivity index (χ2n) is 9.52. The lowest BCUT2D eigenvalue weighted by Gasteiger charge is -2.46. The first-order chi connectivity index (χ1) is 13.7. The van der Waals surface area contributed by atoms with Gasteiger partial charge in [-0.15, -0.1) is 0 Å². The minimum atomic E-state index is 0.300. The number of benzene rings is 2. The van der Waals surface area contributed by atoms with E-state index in [0.29, 0.717) is 10.8 Å². The molecule has 7 rings (SSSR count). The first kappa shape index (κ1) is 15.4. The van der Waals surface area contributed by atoms with Crippen molar-refractivity contribution >= 4 is 21.8 Å². The molecule has 0 spiro atoms. The molecule has 2 aromatic carbocycles. The summed E-state index contributed by atoms with van der Waals surface area (Å²) in [5, 5.41) is 3.03. The Morgan fingerprint density at radius 3 is 1.54 bits per heavy atom. The fourth-order valence-corrected chi connectivity index (χ4v) is 7.70. The van der Waals surface area contributed by atoms with Gasteiger partial charge in [-0.25, -0.2) is 0 Å². The highest BCUT2D eigenvalue weighted by Gasteiger charge is 2.65. The van der Waals surface area contributed by atoms with E-state index in [1.807, 2.05) is 0 Å². The summed E-state index contributed by atoms with van der Waals surface area (Å²) < 4.78 is 5.03. The number of rotatable bonds is 0. The van der Waals surface area contributed by atoms with Crippen LogP contribution in [0.25, 0.3) is 21.8 Å². The molecule has 0 bridgehead atoms. The number of aromatic nitrogens is 2. The van der Waals surface area contributed by atoms with Crippen LogP contribution in [0.4, 0.5) is 0 Å². The van der Waals surface area contributed by atoms with Gasteiger partial charge in [-0.1, -0.05) is 49.2 Å². The van der Waals surface area contributed by atoms with Crippen LogP contribution in [0.2, 0.25) is 0 Å². The largest absolute Gasteiger partial charge is 0.347 e. The molecule has 28 heavy (non-hydrogen) atoms. The summed E-state index contributed by atoms with van der Waals surface area (Å²) in [6, 6.07) is 18.3. The number of hydrogen-bond donors (Lipinski definition) is 0. The van der Waals surface area contributed by atoms with Crippen LogP contribution in [-0.4, -0.2) is 9.13 Å². The Morgan fingerprint density at radius 2 is 1.07 bits per heavy atom. The summed E-state index contributed by atoms with van der Waals surface area (Å²) in [4.78, 5) is 0. The van der Waals surface area contributed by atoms with Gasteiger partial charge in [-0.05, 0) is 48.9 Å². The van der Waals surface area contributed by atoms with E-state index < -0.39 is 0 Å². The summed E-state index contributed by atoms with van der Waals surface area (Å²) in [6.07, 6.45) is 7.86. The Balaban J connectivity index is 1.62. The van der Waals surface area contributed by atoms with Crippen molar-refractivity contribution in [1.29, 1.82) is 0 Å². The van der Waals surface area contributed by atoms with Crippen LogP contribution in [0, 0.1) is 0 Å². The van der Waals surface area contributed by atoms with Gasteiger partial charge in [0.2, 0.25) is 0 Å². The molecule has 0 amide bonds. The van der Waals surface area contributed by atoms with E-state index in [4.69, 9.17) is 0 Å². The Kier molecular flexibility index (Phi) is 2.61. The van der Waals surface area contributed by atoms with Crippen molar-refractivity contribution in [1.82, 2.24) is 9.13 Å². The molecular formula is C26H26N2. The molecule has 2 aromatic heterocycles. The molecule has 1 saturated carbocycles. The van der Waals surface area contributed by atoms with Gasteiger partial charge in [-0.2, -0.15) is 0 Å². The zero-order valence-electron chi connectivity index (χ0n) is 16.8. The highest BCUT2D eigenvalue weighted by molar-refractivity contribution is 5.93. The van der Waals surface area contributed by atoms with Crippen molar-refractivity contribution in [3.63, 3.8) is 0 Å². The maximum absolute atomic E-state index is 2.52. The number of aryl methyl sites for hydroxylation is 2. The second-order valence-corrected chi connectivity index (χ2v) is 9.52. The van der Waals surface area contributed by atoms with E-state index >= 15 is 0 Å². The highest BCUT2D eigenvalue weighted by Crippen LogP contribution is 2.68. The van der Waals surface area contributed by atoms with E-state index in [2.05, 4.69) is 71.8 Å². The van der Waals surface area contributed by atoms with Crippen molar-refractivity contribution in [2.45, 2.75) is 49.4 Å². The third-order valence-electron chi connectivity index (χ3n) is 8.73. The summed E-state index contributed by atoms with van der Waals surface area (Å²) in [5.74, 6) is 0. The maximum Gasteiger partial charge on any atom is 0.0483 e. The van der Waals surface area contributed by atoms with Crippen LogP contribution in [0.15, 0.2) is 48.5 Å². The van der Waals surface area contributed by atoms with Gasteiger partial charge in [0.25, 0.3) is 0 Å². The van der Waals surface area contributed by atoms with E-state index in [9.17, 15) is 0 Å².